The van der Waals surface area contributed by atoms with E-state index >= 15 is 0 Å². The Bertz CT molecular complexity index is 882. The molecule has 0 unspecified atom stereocenters. The van der Waals surface area contributed by atoms with Crippen molar-refractivity contribution in [2.45, 2.75) is 71.1 Å². The van der Waals surface area contributed by atoms with Crippen molar-refractivity contribution in [3.05, 3.63) is 70.5 Å². The number of hydrogen-bond acceptors (Lipinski definition) is 1. The molecule has 1 nitrogen and oxygen atoms in total. The molecule has 1 saturated carbocycles. The Labute approximate surface area is 184 Å². The second-order valence-electron chi connectivity index (χ2n) is 8.69. The van der Waals surface area contributed by atoms with E-state index in [1.54, 1.807) is 18.2 Å². The van der Waals surface area contributed by atoms with E-state index in [9.17, 15) is 13.2 Å². The molecule has 31 heavy (non-hydrogen) atoms. The molecule has 3 rings (SSSR count). The van der Waals surface area contributed by atoms with Gasteiger partial charge >= 0.3 is 0 Å². The van der Waals surface area contributed by atoms with Crippen LogP contribution in [0.2, 0.25) is 0 Å². The van der Waals surface area contributed by atoms with Crippen molar-refractivity contribution in [1.82, 2.24) is 0 Å². The van der Waals surface area contributed by atoms with E-state index in [0.29, 0.717) is 23.7 Å². The Balaban J connectivity index is 1.55. The van der Waals surface area contributed by atoms with Crippen LogP contribution < -0.4 is 4.74 Å². The fourth-order valence-electron chi connectivity index (χ4n) is 4.31. The molecule has 0 bridgehead atoms. The molecular weight excluding hydrogens is 397 g/mol. The summed E-state index contributed by atoms with van der Waals surface area (Å²) in [6.07, 6.45) is 11.4. The molecule has 1 aliphatic carbocycles. The van der Waals surface area contributed by atoms with E-state index in [2.05, 4.69) is 13.0 Å². The molecule has 0 spiro atoms. The average molecular weight is 431 g/mol. The standard InChI is InChI=1S/C27H33F3O/c1-3-4-5-6-17-31-25-16-15-23(26(29)27(25)30)21-12-8-20(9-13-21)10-14-22-11-7-19(2)18-24(22)28/h7,10-11,14-16,18,20-21H,3-6,8-9,12-13,17H2,1-2H3/b14-10+. The highest BCUT2D eigenvalue weighted by Gasteiger charge is 2.26. The van der Waals surface area contributed by atoms with Crippen LogP contribution in [-0.2, 0) is 0 Å². The SMILES string of the molecule is CCCCCCOc1ccc(C2CCC(/C=C/c3ccc(C)cc3F)CC2)c(F)c1F. The van der Waals surface area contributed by atoms with E-state index in [0.717, 1.165) is 56.9 Å². The number of halogens is 3. The van der Waals surface area contributed by atoms with Crippen molar-refractivity contribution in [3.63, 3.8) is 0 Å². The molecule has 0 aromatic heterocycles. The Morgan fingerprint density at radius 3 is 2.42 bits per heavy atom. The molecule has 2 aromatic carbocycles. The second kappa shape index (κ2) is 11.4. The molecule has 0 N–H and O–H groups in total. The van der Waals surface area contributed by atoms with E-state index in [1.165, 1.54) is 6.07 Å². The molecule has 0 radical (unpaired) electrons. The summed E-state index contributed by atoms with van der Waals surface area (Å²) in [5, 5.41) is 0. The minimum Gasteiger partial charge on any atom is -0.490 e. The predicted octanol–water partition coefficient (Wildman–Crippen LogP) is 8.36. The summed E-state index contributed by atoms with van der Waals surface area (Å²) in [6, 6.07) is 8.47. The van der Waals surface area contributed by atoms with Crippen LogP contribution in [-0.4, -0.2) is 6.61 Å². The monoisotopic (exact) mass is 430 g/mol. The zero-order chi connectivity index (χ0) is 22.2. The normalized spacial score (nSPS) is 19.1. The smallest absolute Gasteiger partial charge is 0.200 e. The zero-order valence-corrected chi connectivity index (χ0v) is 18.6. The summed E-state index contributed by atoms with van der Waals surface area (Å²) in [7, 11) is 0. The van der Waals surface area contributed by atoms with Gasteiger partial charge in [0.25, 0.3) is 0 Å². The van der Waals surface area contributed by atoms with Crippen LogP contribution in [0.1, 0.15) is 80.9 Å². The highest BCUT2D eigenvalue weighted by Crippen LogP contribution is 2.39. The molecule has 1 aliphatic rings. The number of allylic oxidation sites excluding steroid dienone is 1. The van der Waals surface area contributed by atoms with Gasteiger partial charge in [-0.3, -0.25) is 0 Å². The Morgan fingerprint density at radius 2 is 1.71 bits per heavy atom. The highest BCUT2D eigenvalue weighted by molar-refractivity contribution is 5.51. The number of rotatable bonds is 9. The quantitative estimate of drug-likeness (QED) is 0.363. The van der Waals surface area contributed by atoms with Crippen LogP contribution in [0.5, 0.6) is 5.75 Å². The fraction of sp³-hybridized carbons (Fsp3) is 0.481. The first kappa shape index (κ1) is 23.4. The van der Waals surface area contributed by atoms with Crippen molar-refractivity contribution in [2.75, 3.05) is 6.61 Å². The minimum absolute atomic E-state index is 0.00821. The lowest BCUT2D eigenvalue weighted by Crippen LogP contribution is -2.14. The van der Waals surface area contributed by atoms with Gasteiger partial charge < -0.3 is 4.74 Å². The van der Waals surface area contributed by atoms with Crippen LogP contribution in [0.25, 0.3) is 6.08 Å². The van der Waals surface area contributed by atoms with Crippen LogP contribution in [0.3, 0.4) is 0 Å². The van der Waals surface area contributed by atoms with E-state index in [-0.39, 0.29) is 17.5 Å². The summed E-state index contributed by atoms with van der Waals surface area (Å²) >= 11 is 0. The third kappa shape index (κ3) is 6.38. The zero-order valence-electron chi connectivity index (χ0n) is 18.6. The van der Waals surface area contributed by atoms with Gasteiger partial charge in [0.2, 0.25) is 5.82 Å². The second-order valence-corrected chi connectivity index (χ2v) is 8.69. The summed E-state index contributed by atoms with van der Waals surface area (Å²) in [6.45, 7) is 4.41. The van der Waals surface area contributed by atoms with Gasteiger partial charge in [0.05, 0.1) is 6.61 Å². The number of hydrogen-bond donors (Lipinski definition) is 0. The molecule has 0 amide bonds. The number of unbranched alkanes of at least 4 members (excludes halogenated alkanes) is 3. The van der Waals surface area contributed by atoms with E-state index in [4.69, 9.17) is 4.74 Å². The van der Waals surface area contributed by atoms with Crippen molar-refractivity contribution < 1.29 is 17.9 Å². The first-order valence-corrected chi connectivity index (χ1v) is 11.5. The topological polar surface area (TPSA) is 9.23 Å². The number of ether oxygens (including phenoxy) is 1. The third-order valence-corrected chi connectivity index (χ3v) is 6.25. The van der Waals surface area contributed by atoms with Crippen molar-refractivity contribution >= 4 is 6.08 Å². The predicted molar refractivity (Wildman–Crippen MR) is 121 cm³/mol. The van der Waals surface area contributed by atoms with Gasteiger partial charge in [0.1, 0.15) is 5.82 Å². The number of benzene rings is 2. The summed E-state index contributed by atoms with van der Waals surface area (Å²) in [5.41, 5.74) is 1.94. The molecule has 0 heterocycles. The summed E-state index contributed by atoms with van der Waals surface area (Å²) in [4.78, 5) is 0. The van der Waals surface area contributed by atoms with Crippen LogP contribution >= 0.6 is 0 Å². The molecule has 168 valence electrons. The molecule has 4 heteroatoms. The first-order chi connectivity index (χ1) is 15.0. The third-order valence-electron chi connectivity index (χ3n) is 6.25. The van der Waals surface area contributed by atoms with Crippen LogP contribution in [0.4, 0.5) is 13.2 Å². The largest absolute Gasteiger partial charge is 0.490 e. The van der Waals surface area contributed by atoms with Gasteiger partial charge in [-0.25, -0.2) is 8.78 Å². The summed E-state index contributed by atoms with van der Waals surface area (Å²) in [5.74, 6) is -1.51. The lowest BCUT2D eigenvalue weighted by atomic mass is 9.78. The van der Waals surface area contributed by atoms with Crippen molar-refractivity contribution in [1.29, 1.82) is 0 Å². The maximum Gasteiger partial charge on any atom is 0.200 e. The molecule has 0 atom stereocenters. The fourth-order valence-corrected chi connectivity index (χ4v) is 4.31. The molecular formula is C27H33F3O. The van der Waals surface area contributed by atoms with Gasteiger partial charge in [-0.15, -0.1) is 0 Å². The number of aryl methyl sites for hydroxylation is 1. The van der Waals surface area contributed by atoms with Crippen LogP contribution in [0, 0.1) is 30.3 Å². The minimum atomic E-state index is -0.871. The Morgan fingerprint density at radius 1 is 0.935 bits per heavy atom. The summed E-state index contributed by atoms with van der Waals surface area (Å²) < 4.78 is 48.7. The molecule has 0 saturated heterocycles. The molecule has 2 aromatic rings. The van der Waals surface area contributed by atoms with Gasteiger partial charge in [0, 0.05) is 5.56 Å². The maximum atomic E-state index is 14.7. The molecule has 0 aliphatic heterocycles. The van der Waals surface area contributed by atoms with Gasteiger partial charge in [-0.1, -0.05) is 56.5 Å². The average Bonchev–Trinajstić information content (AvgIpc) is 2.76. The van der Waals surface area contributed by atoms with Gasteiger partial charge in [-0.05, 0) is 74.1 Å². The van der Waals surface area contributed by atoms with E-state index in [1.807, 2.05) is 19.1 Å². The Hall–Kier alpha value is -2.23. The van der Waals surface area contributed by atoms with Crippen LogP contribution in [0.15, 0.2) is 36.4 Å². The van der Waals surface area contributed by atoms with Gasteiger partial charge in [-0.2, -0.15) is 4.39 Å². The Kier molecular flexibility index (Phi) is 8.62. The lowest BCUT2D eigenvalue weighted by Gasteiger charge is -2.27. The van der Waals surface area contributed by atoms with Crippen molar-refractivity contribution in [2.24, 2.45) is 5.92 Å². The van der Waals surface area contributed by atoms with Crippen molar-refractivity contribution in [3.8, 4) is 5.75 Å². The highest BCUT2D eigenvalue weighted by atomic mass is 19.2. The molecule has 1 fully saturated rings. The van der Waals surface area contributed by atoms with E-state index < -0.39 is 11.6 Å². The maximum absolute atomic E-state index is 14.7. The lowest BCUT2D eigenvalue weighted by molar-refractivity contribution is 0.283. The van der Waals surface area contributed by atoms with Gasteiger partial charge in [0.15, 0.2) is 11.6 Å². The first-order valence-electron chi connectivity index (χ1n) is 11.5.